The van der Waals surface area contributed by atoms with Crippen LogP contribution in [0.25, 0.3) is 0 Å². The number of carbonyl (C=O) groups excluding carboxylic acids is 1. The first-order chi connectivity index (χ1) is 6.17. The van der Waals surface area contributed by atoms with Gasteiger partial charge in [-0.3, -0.25) is 4.79 Å². The summed E-state index contributed by atoms with van der Waals surface area (Å²) in [7, 11) is 0. The molecule has 0 spiro atoms. The quantitative estimate of drug-likeness (QED) is 0.690. The summed E-state index contributed by atoms with van der Waals surface area (Å²) in [6.07, 6.45) is 0.639. The maximum absolute atomic E-state index is 10.7. The minimum absolute atomic E-state index is 0.254. The van der Waals surface area contributed by atoms with E-state index in [9.17, 15) is 4.79 Å². The standard InChI is InChI=1S/C12H25NO/c1-10(14)7-8-13-9-12(5,6)11(2,3)4/h13H,7-9H2,1-6H3. The van der Waals surface area contributed by atoms with Crippen LogP contribution in [0.5, 0.6) is 0 Å². The molecule has 0 amide bonds. The van der Waals surface area contributed by atoms with Crippen LogP contribution in [-0.2, 0) is 4.79 Å². The Morgan fingerprint density at radius 3 is 2.00 bits per heavy atom. The van der Waals surface area contributed by atoms with Gasteiger partial charge in [0.1, 0.15) is 5.78 Å². The first-order valence-electron chi connectivity index (χ1n) is 5.37. The molecule has 0 saturated heterocycles. The van der Waals surface area contributed by atoms with Crippen molar-refractivity contribution < 1.29 is 4.79 Å². The van der Waals surface area contributed by atoms with Gasteiger partial charge in [0, 0.05) is 19.5 Å². The van der Waals surface area contributed by atoms with Crippen LogP contribution >= 0.6 is 0 Å². The van der Waals surface area contributed by atoms with E-state index in [1.165, 1.54) is 0 Å². The van der Waals surface area contributed by atoms with E-state index >= 15 is 0 Å². The highest BCUT2D eigenvalue weighted by atomic mass is 16.1. The molecule has 2 heteroatoms. The molecule has 1 N–H and O–H groups in total. The summed E-state index contributed by atoms with van der Waals surface area (Å²) in [5.41, 5.74) is 0.542. The normalized spacial score (nSPS) is 13.0. The van der Waals surface area contributed by atoms with Crippen LogP contribution in [0.1, 0.15) is 48.0 Å². The maximum Gasteiger partial charge on any atom is 0.131 e. The Balaban J connectivity index is 3.83. The van der Waals surface area contributed by atoms with Crippen LogP contribution in [0.2, 0.25) is 0 Å². The first-order valence-corrected chi connectivity index (χ1v) is 5.37. The molecular formula is C12H25NO. The third kappa shape index (κ3) is 4.75. The third-order valence-electron chi connectivity index (χ3n) is 3.25. The molecule has 14 heavy (non-hydrogen) atoms. The number of Topliss-reactive ketones (excluding diaryl/α,β-unsaturated/α-hetero) is 1. The molecule has 2 nitrogen and oxygen atoms in total. The van der Waals surface area contributed by atoms with Crippen molar-refractivity contribution >= 4 is 5.78 Å². The molecule has 0 aromatic rings. The first kappa shape index (κ1) is 13.6. The van der Waals surface area contributed by atoms with Crippen molar-refractivity contribution in [1.29, 1.82) is 0 Å². The van der Waals surface area contributed by atoms with Gasteiger partial charge >= 0.3 is 0 Å². The Morgan fingerprint density at radius 2 is 1.64 bits per heavy atom. The van der Waals surface area contributed by atoms with E-state index in [0.29, 0.717) is 6.42 Å². The number of carbonyl (C=O) groups is 1. The Hall–Kier alpha value is -0.370. The molecule has 0 fully saturated rings. The zero-order chi connectivity index (χ0) is 11.4. The summed E-state index contributed by atoms with van der Waals surface area (Å²) in [6, 6.07) is 0. The van der Waals surface area contributed by atoms with Gasteiger partial charge in [0.15, 0.2) is 0 Å². The fourth-order valence-corrected chi connectivity index (χ4v) is 0.930. The molecule has 0 radical (unpaired) electrons. The Bertz CT molecular complexity index is 189. The largest absolute Gasteiger partial charge is 0.316 e. The minimum atomic E-state index is 0.254. The molecule has 0 aliphatic carbocycles. The summed E-state index contributed by atoms with van der Waals surface area (Å²) in [5.74, 6) is 0.256. The predicted octanol–water partition coefficient (Wildman–Crippen LogP) is 2.63. The van der Waals surface area contributed by atoms with Crippen LogP contribution in [-0.4, -0.2) is 18.9 Å². The smallest absolute Gasteiger partial charge is 0.131 e. The SMILES string of the molecule is CC(=O)CCNCC(C)(C)C(C)(C)C. The number of rotatable bonds is 5. The second kappa shape index (κ2) is 4.92. The van der Waals surface area contributed by atoms with Gasteiger partial charge in [-0.25, -0.2) is 0 Å². The molecule has 0 aromatic heterocycles. The molecule has 0 aromatic carbocycles. The van der Waals surface area contributed by atoms with Crippen LogP contribution < -0.4 is 5.32 Å². The van der Waals surface area contributed by atoms with E-state index in [1.54, 1.807) is 6.92 Å². The van der Waals surface area contributed by atoms with Gasteiger partial charge in [0.25, 0.3) is 0 Å². The average Bonchev–Trinajstić information content (AvgIpc) is 1.95. The van der Waals surface area contributed by atoms with Crippen molar-refractivity contribution in [3.8, 4) is 0 Å². The topological polar surface area (TPSA) is 29.1 Å². The van der Waals surface area contributed by atoms with Gasteiger partial charge < -0.3 is 5.32 Å². The molecule has 0 aliphatic heterocycles. The van der Waals surface area contributed by atoms with Crippen LogP contribution in [0, 0.1) is 10.8 Å². The molecule has 0 rings (SSSR count). The van der Waals surface area contributed by atoms with Gasteiger partial charge in [-0.05, 0) is 17.8 Å². The zero-order valence-corrected chi connectivity index (χ0v) is 10.5. The van der Waals surface area contributed by atoms with Gasteiger partial charge in [0.2, 0.25) is 0 Å². The fourth-order valence-electron chi connectivity index (χ4n) is 0.930. The Morgan fingerprint density at radius 1 is 1.14 bits per heavy atom. The summed E-state index contributed by atoms with van der Waals surface area (Å²) < 4.78 is 0. The molecule has 0 unspecified atom stereocenters. The molecule has 0 heterocycles. The summed E-state index contributed by atoms with van der Waals surface area (Å²) in [5, 5.41) is 3.34. The average molecular weight is 199 g/mol. The molecule has 0 atom stereocenters. The van der Waals surface area contributed by atoms with Gasteiger partial charge in [-0.2, -0.15) is 0 Å². The molecular weight excluding hydrogens is 174 g/mol. The van der Waals surface area contributed by atoms with Gasteiger partial charge in [-0.15, -0.1) is 0 Å². The lowest BCUT2D eigenvalue weighted by molar-refractivity contribution is -0.116. The molecule has 84 valence electrons. The zero-order valence-electron chi connectivity index (χ0n) is 10.5. The van der Waals surface area contributed by atoms with Crippen molar-refractivity contribution in [3.05, 3.63) is 0 Å². The summed E-state index contributed by atoms with van der Waals surface area (Å²) in [4.78, 5) is 10.7. The van der Waals surface area contributed by atoms with Crippen molar-refractivity contribution in [2.24, 2.45) is 10.8 Å². The highest BCUT2D eigenvalue weighted by Crippen LogP contribution is 2.36. The van der Waals surface area contributed by atoms with Crippen molar-refractivity contribution in [3.63, 3.8) is 0 Å². The number of hydrogen-bond acceptors (Lipinski definition) is 2. The monoisotopic (exact) mass is 199 g/mol. The molecule has 0 aliphatic rings. The lowest BCUT2D eigenvalue weighted by Crippen LogP contribution is -2.40. The van der Waals surface area contributed by atoms with E-state index in [4.69, 9.17) is 0 Å². The van der Waals surface area contributed by atoms with Crippen LogP contribution in [0.4, 0.5) is 0 Å². The van der Waals surface area contributed by atoms with E-state index in [0.717, 1.165) is 13.1 Å². The highest BCUT2D eigenvalue weighted by Gasteiger charge is 2.31. The second-order valence-corrected chi connectivity index (χ2v) is 5.76. The Kier molecular flexibility index (Phi) is 4.79. The maximum atomic E-state index is 10.7. The van der Waals surface area contributed by atoms with E-state index in [2.05, 4.69) is 39.9 Å². The second-order valence-electron chi connectivity index (χ2n) is 5.76. The fraction of sp³-hybridized carbons (Fsp3) is 0.917. The number of hydrogen-bond donors (Lipinski definition) is 1. The van der Waals surface area contributed by atoms with Crippen molar-refractivity contribution in [2.45, 2.75) is 48.0 Å². The lowest BCUT2D eigenvalue weighted by atomic mass is 9.69. The highest BCUT2D eigenvalue weighted by molar-refractivity contribution is 5.75. The van der Waals surface area contributed by atoms with Gasteiger partial charge in [0.05, 0.1) is 0 Å². The van der Waals surface area contributed by atoms with Crippen LogP contribution in [0.15, 0.2) is 0 Å². The predicted molar refractivity (Wildman–Crippen MR) is 61.4 cm³/mol. The van der Waals surface area contributed by atoms with E-state index < -0.39 is 0 Å². The lowest BCUT2D eigenvalue weighted by Gasteiger charge is -2.39. The van der Waals surface area contributed by atoms with Crippen LogP contribution in [0.3, 0.4) is 0 Å². The Labute approximate surface area is 88.5 Å². The summed E-state index contributed by atoms with van der Waals surface area (Å²) in [6.45, 7) is 14.7. The number of ketones is 1. The molecule has 0 saturated carbocycles. The van der Waals surface area contributed by atoms with E-state index in [-0.39, 0.29) is 16.6 Å². The van der Waals surface area contributed by atoms with Crippen molar-refractivity contribution in [1.82, 2.24) is 5.32 Å². The molecule has 0 bridgehead atoms. The summed E-state index contributed by atoms with van der Waals surface area (Å²) >= 11 is 0. The number of nitrogens with one attached hydrogen (secondary N) is 1. The van der Waals surface area contributed by atoms with Crippen molar-refractivity contribution in [2.75, 3.05) is 13.1 Å². The van der Waals surface area contributed by atoms with Gasteiger partial charge in [-0.1, -0.05) is 34.6 Å². The van der Waals surface area contributed by atoms with E-state index in [1.807, 2.05) is 0 Å². The minimum Gasteiger partial charge on any atom is -0.316 e. The third-order valence-corrected chi connectivity index (χ3v) is 3.25.